The van der Waals surface area contributed by atoms with Crippen LogP contribution >= 0.6 is 0 Å². The molecule has 1 aromatic carbocycles. The SMILES string of the molecule is CCNCc1cccc(OCC)c1OCC1CCCCO1. The minimum absolute atomic E-state index is 0.209. The van der Waals surface area contributed by atoms with Crippen LogP contribution in [-0.2, 0) is 11.3 Å². The first-order valence-electron chi connectivity index (χ1n) is 8.05. The summed E-state index contributed by atoms with van der Waals surface area (Å²) in [4.78, 5) is 0. The van der Waals surface area contributed by atoms with Gasteiger partial charge in [-0.3, -0.25) is 0 Å². The van der Waals surface area contributed by atoms with Crippen LogP contribution in [0, 0.1) is 0 Å². The van der Waals surface area contributed by atoms with Crippen molar-refractivity contribution < 1.29 is 14.2 Å². The summed E-state index contributed by atoms with van der Waals surface area (Å²) in [5.74, 6) is 1.68. The molecule has 0 spiro atoms. The molecule has 1 saturated heterocycles. The summed E-state index contributed by atoms with van der Waals surface area (Å²) in [6.45, 7) is 7.91. The molecule has 118 valence electrons. The van der Waals surface area contributed by atoms with Crippen molar-refractivity contribution in [2.24, 2.45) is 0 Å². The number of ether oxygens (including phenoxy) is 3. The van der Waals surface area contributed by atoms with E-state index in [1.165, 1.54) is 6.42 Å². The van der Waals surface area contributed by atoms with Crippen LogP contribution in [0.3, 0.4) is 0 Å². The lowest BCUT2D eigenvalue weighted by Crippen LogP contribution is -2.26. The Bertz CT molecular complexity index is 416. The summed E-state index contributed by atoms with van der Waals surface area (Å²) >= 11 is 0. The smallest absolute Gasteiger partial charge is 0.165 e. The van der Waals surface area contributed by atoms with E-state index in [0.717, 1.165) is 49.6 Å². The molecule has 1 fully saturated rings. The number of hydrogen-bond acceptors (Lipinski definition) is 4. The van der Waals surface area contributed by atoms with Gasteiger partial charge in [-0.2, -0.15) is 0 Å². The van der Waals surface area contributed by atoms with E-state index in [1.807, 2.05) is 19.1 Å². The minimum Gasteiger partial charge on any atom is -0.490 e. The molecule has 4 heteroatoms. The molecule has 1 unspecified atom stereocenters. The summed E-state index contributed by atoms with van der Waals surface area (Å²) in [6, 6.07) is 6.07. The lowest BCUT2D eigenvalue weighted by atomic mass is 10.1. The van der Waals surface area contributed by atoms with E-state index in [9.17, 15) is 0 Å². The number of nitrogens with one attached hydrogen (secondary N) is 1. The molecule has 1 aliphatic heterocycles. The second-order valence-electron chi connectivity index (χ2n) is 5.26. The van der Waals surface area contributed by atoms with Crippen molar-refractivity contribution in [3.63, 3.8) is 0 Å². The highest BCUT2D eigenvalue weighted by Gasteiger charge is 2.17. The highest BCUT2D eigenvalue weighted by molar-refractivity contribution is 5.46. The zero-order chi connectivity index (χ0) is 14.9. The Balaban J connectivity index is 2.05. The van der Waals surface area contributed by atoms with E-state index in [1.54, 1.807) is 0 Å². The summed E-state index contributed by atoms with van der Waals surface area (Å²) in [5, 5.41) is 3.35. The van der Waals surface area contributed by atoms with Gasteiger partial charge in [0.25, 0.3) is 0 Å². The standard InChI is InChI=1S/C17H27NO3/c1-3-18-12-14-8-7-10-16(19-4-2)17(14)21-13-15-9-5-6-11-20-15/h7-8,10,15,18H,3-6,9,11-13H2,1-2H3. The van der Waals surface area contributed by atoms with Crippen molar-refractivity contribution in [3.05, 3.63) is 23.8 Å². The summed E-state index contributed by atoms with van der Waals surface area (Å²) < 4.78 is 17.5. The Morgan fingerprint density at radius 2 is 2.14 bits per heavy atom. The van der Waals surface area contributed by atoms with Crippen molar-refractivity contribution >= 4 is 0 Å². The molecular formula is C17H27NO3. The zero-order valence-corrected chi connectivity index (χ0v) is 13.2. The molecule has 0 amide bonds. The molecule has 2 rings (SSSR count). The van der Waals surface area contributed by atoms with Crippen LogP contribution in [0.15, 0.2) is 18.2 Å². The maximum absolute atomic E-state index is 6.07. The normalized spacial score (nSPS) is 18.5. The van der Waals surface area contributed by atoms with Crippen molar-refractivity contribution in [2.75, 3.05) is 26.4 Å². The first-order chi connectivity index (χ1) is 10.3. The average molecular weight is 293 g/mol. The Labute approximate surface area is 127 Å². The Morgan fingerprint density at radius 1 is 1.24 bits per heavy atom. The highest BCUT2D eigenvalue weighted by Crippen LogP contribution is 2.32. The molecule has 4 nitrogen and oxygen atoms in total. The number of hydrogen-bond donors (Lipinski definition) is 1. The Kier molecular flexibility index (Phi) is 6.83. The fraction of sp³-hybridized carbons (Fsp3) is 0.647. The predicted molar refractivity (Wildman–Crippen MR) is 84.1 cm³/mol. The van der Waals surface area contributed by atoms with E-state index in [4.69, 9.17) is 14.2 Å². The molecule has 0 radical (unpaired) electrons. The van der Waals surface area contributed by atoms with Crippen molar-refractivity contribution in [1.82, 2.24) is 5.32 Å². The molecule has 1 aromatic rings. The summed E-state index contributed by atoms with van der Waals surface area (Å²) in [6.07, 6.45) is 3.68. The third kappa shape index (κ3) is 4.90. The van der Waals surface area contributed by atoms with Gasteiger partial charge in [-0.05, 0) is 38.8 Å². The maximum atomic E-state index is 6.07. The third-order valence-corrected chi connectivity index (χ3v) is 3.61. The van der Waals surface area contributed by atoms with Crippen LogP contribution in [0.2, 0.25) is 0 Å². The van der Waals surface area contributed by atoms with Crippen LogP contribution in [0.25, 0.3) is 0 Å². The first kappa shape index (κ1) is 16.1. The van der Waals surface area contributed by atoms with Gasteiger partial charge in [-0.1, -0.05) is 19.1 Å². The summed E-state index contributed by atoms with van der Waals surface area (Å²) in [7, 11) is 0. The van der Waals surface area contributed by atoms with Gasteiger partial charge in [0, 0.05) is 18.7 Å². The van der Waals surface area contributed by atoms with Gasteiger partial charge in [-0.15, -0.1) is 0 Å². The van der Waals surface area contributed by atoms with Gasteiger partial charge < -0.3 is 19.5 Å². The van der Waals surface area contributed by atoms with Gasteiger partial charge >= 0.3 is 0 Å². The van der Waals surface area contributed by atoms with Gasteiger partial charge in [0.15, 0.2) is 11.5 Å². The van der Waals surface area contributed by atoms with Gasteiger partial charge in [0.1, 0.15) is 6.61 Å². The van der Waals surface area contributed by atoms with Gasteiger partial charge in [0.05, 0.1) is 12.7 Å². The van der Waals surface area contributed by atoms with E-state index >= 15 is 0 Å². The molecule has 0 aromatic heterocycles. The fourth-order valence-corrected chi connectivity index (χ4v) is 2.51. The zero-order valence-electron chi connectivity index (χ0n) is 13.2. The van der Waals surface area contributed by atoms with E-state index < -0.39 is 0 Å². The van der Waals surface area contributed by atoms with Crippen molar-refractivity contribution in [1.29, 1.82) is 0 Å². The molecule has 0 bridgehead atoms. The average Bonchev–Trinajstić information content (AvgIpc) is 2.53. The Hall–Kier alpha value is -1.26. The third-order valence-electron chi connectivity index (χ3n) is 3.61. The van der Waals surface area contributed by atoms with Crippen LogP contribution in [0.5, 0.6) is 11.5 Å². The number of rotatable bonds is 8. The lowest BCUT2D eigenvalue weighted by Gasteiger charge is -2.24. The Morgan fingerprint density at radius 3 is 2.86 bits per heavy atom. The molecule has 1 aliphatic rings. The molecule has 0 aliphatic carbocycles. The van der Waals surface area contributed by atoms with Crippen LogP contribution in [0.1, 0.15) is 38.7 Å². The molecule has 1 heterocycles. The molecule has 21 heavy (non-hydrogen) atoms. The van der Waals surface area contributed by atoms with Gasteiger partial charge in [0.2, 0.25) is 0 Å². The molecular weight excluding hydrogens is 266 g/mol. The van der Waals surface area contributed by atoms with E-state index in [0.29, 0.717) is 13.2 Å². The van der Waals surface area contributed by atoms with Crippen LogP contribution < -0.4 is 14.8 Å². The van der Waals surface area contributed by atoms with Crippen LogP contribution in [-0.4, -0.2) is 32.5 Å². The largest absolute Gasteiger partial charge is 0.490 e. The maximum Gasteiger partial charge on any atom is 0.165 e. The highest BCUT2D eigenvalue weighted by atomic mass is 16.5. The minimum atomic E-state index is 0.209. The van der Waals surface area contributed by atoms with Crippen molar-refractivity contribution in [3.8, 4) is 11.5 Å². The predicted octanol–water partition coefficient (Wildman–Crippen LogP) is 3.14. The second-order valence-corrected chi connectivity index (χ2v) is 5.26. The quantitative estimate of drug-likeness (QED) is 0.799. The topological polar surface area (TPSA) is 39.7 Å². The first-order valence-corrected chi connectivity index (χ1v) is 8.05. The van der Waals surface area contributed by atoms with E-state index in [2.05, 4.69) is 18.3 Å². The lowest BCUT2D eigenvalue weighted by molar-refractivity contribution is -0.0117. The summed E-state index contributed by atoms with van der Waals surface area (Å²) in [5.41, 5.74) is 1.14. The number of para-hydroxylation sites is 1. The van der Waals surface area contributed by atoms with Gasteiger partial charge in [-0.25, -0.2) is 0 Å². The van der Waals surface area contributed by atoms with Crippen LogP contribution in [0.4, 0.5) is 0 Å². The van der Waals surface area contributed by atoms with Crippen molar-refractivity contribution in [2.45, 2.75) is 45.8 Å². The molecule has 1 atom stereocenters. The molecule has 1 N–H and O–H groups in total. The number of benzene rings is 1. The molecule has 0 saturated carbocycles. The second kappa shape index (κ2) is 8.90. The van der Waals surface area contributed by atoms with E-state index in [-0.39, 0.29) is 6.10 Å². The monoisotopic (exact) mass is 293 g/mol. The fourth-order valence-electron chi connectivity index (χ4n) is 2.51.